The average molecular weight is 369 g/mol. The molecule has 26 heavy (non-hydrogen) atoms. The van der Waals surface area contributed by atoms with Gasteiger partial charge in [0, 0.05) is 12.1 Å². The lowest BCUT2D eigenvalue weighted by atomic mass is 10.2. The van der Waals surface area contributed by atoms with E-state index in [0.29, 0.717) is 23.0 Å². The van der Waals surface area contributed by atoms with Gasteiger partial charge < -0.3 is 15.4 Å². The maximum Gasteiger partial charge on any atom is 0.262 e. The highest BCUT2D eigenvalue weighted by Gasteiger charge is 2.09. The van der Waals surface area contributed by atoms with E-state index < -0.39 is 0 Å². The summed E-state index contributed by atoms with van der Waals surface area (Å²) in [6, 6.07) is 13.0. The minimum absolute atomic E-state index is 0.0731. The number of rotatable bonds is 6. The molecule has 0 fully saturated rings. The molecule has 0 atom stereocenters. The van der Waals surface area contributed by atoms with Gasteiger partial charge in [-0.1, -0.05) is 30.4 Å². The van der Waals surface area contributed by atoms with Crippen LogP contribution in [0.3, 0.4) is 0 Å². The predicted octanol–water partition coefficient (Wildman–Crippen LogP) is 3.97. The molecule has 0 saturated heterocycles. The van der Waals surface area contributed by atoms with E-state index in [4.69, 9.17) is 4.74 Å². The Hall–Kier alpha value is -2.93. The minimum atomic E-state index is -0.249. The first-order chi connectivity index (χ1) is 12.5. The summed E-state index contributed by atoms with van der Waals surface area (Å²) in [6.07, 6.45) is 0.401. The standard InChI is InChI=1S/C19H19N3O3S/c1-3-17(23)22-19-21-15-10-13(7-8-16(15)26-19)20-18(24)11-25-14-6-4-5-12(2)9-14/h4-10H,3,11H2,1-2H3,(H,20,24)(H,21,22,23). The molecule has 0 aliphatic carbocycles. The van der Waals surface area contributed by atoms with Crippen molar-refractivity contribution in [3.05, 3.63) is 48.0 Å². The molecular formula is C19H19N3O3S. The van der Waals surface area contributed by atoms with E-state index in [1.54, 1.807) is 19.1 Å². The Labute approximate surface area is 155 Å². The molecule has 2 N–H and O–H groups in total. The summed E-state index contributed by atoms with van der Waals surface area (Å²) in [7, 11) is 0. The molecule has 0 aliphatic rings. The Balaban J connectivity index is 1.62. The molecule has 1 aromatic heterocycles. The number of aromatic nitrogens is 1. The quantitative estimate of drug-likeness (QED) is 0.689. The van der Waals surface area contributed by atoms with Crippen LogP contribution in [-0.2, 0) is 9.59 Å². The number of amides is 2. The Kier molecular flexibility index (Phi) is 5.48. The summed E-state index contributed by atoms with van der Waals surface area (Å²) in [6.45, 7) is 3.68. The molecule has 3 rings (SSSR count). The lowest BCUT2D eigenvalue weighted by molar-refractivity contribution is -0.118. The number of fused-ring (bicyclic) bond motifs is 1. The highest BCUT2D eigenvalue weighted by atomic mass is 32.1. The van der Waals surface area contributed by atoms with Gasteiger partial charge in [-0.25, -0.2) is 4.98 Å². The second-order valence-electron chi connectivity index (χ2n) is 5.76. The topological polar surface area (TPSA) is 80.3 Å². The van der Waals surface area contributed by atoms with Crippen molar-refractivity contribution < 1.29 is 14.3 Å². The van der Waals surface area contributed by atoms with Gasteiger partial charge >= 0.3 is 0 Å². The van der Waals surface area contributed by atoms with Crippen molar-refractivity contribution in [1.29, 1.82) is 0 Å². The largest absolute Gasteiger partial charge is 0.484 e. The number of hydrogen-bond donors (Lipinski definition) is 2. The average Bonchev–Trinajstić information content (AvgIpc) is 3.01. The van der Waals surface area contributed by atoms with E-state index in [2.05, 4.69) is 15.6 Å². The van der Waals surface area contributed by atoms with Gasteiger partial charge in [-0.2, -0.15) is 0 Å². The number of benzene rings is 2. The highest BCUT2D eigenvalue weighted by Crippen LogP contribution is 2.28. The number of nitrogens with zero attached hydrogens (tertiary/aromatic N) is 1. The molecule has 2 amide bonds. The highest BCUT2D eigenvalue weighted by molar-refractivity contribution is 7.22. The van der Waals surface area contributed by atoms with Crippen LogP contribution in [-0.4, -0.2) is 23.4 Å². The van der Waals surface area contributed by atoms with Crippen LogP contribution >= 0.6 is 11.3 Å². The van der Waals surface area contributed by atoms with Crippen LogP contribution in [0.5, 0.6) is 5.75 Å². The number of thiazole rings is 1. The van der Waals surface area contributed by atoms with Crippen molar-refractivity contribution in [1.82, 2.24) is 4.98 Å². The maximum absolute atomic E-state index is 12.1. The maximum atomic E-state index is 12.1. The number of anilines is 2. The van der Waals surface area contributed by atoms with Gasteiger partial charge in [0.05, 0.1) is 10.2 Å². The van der Waals surface area contributed by atoms with Crippen molar-refractivity contribution in [2.75, 3.05) is 17.2 Å². The van der Waals surface area contributed by atoms with Crippen molar-refractivity contribution in [2.45, 2.75) is 20.3 Å². The van der Waals surface area contributed by atoms with Gasteiger partial charge in [-0.15, -0.1) is 0 Å². The van der Waals surface area contributed by atoms with Crippen LogP contribution in [0, 0.1) is 6.92 Å². The SMILES string of the molecule is CCC(=O)Nc1nc2cc(NC(=O)COc3cccc(C)c3)ccc2s1. The number of nitrogens with one attached hydrogen (secondary N) is 2. The van der Waals surface area contributed by atoms with Crippen LogP contribution < -0.4 is 15.4 Å². The molecule has 1 heterocycles. The van der Waals surface area contributed by atoms with Crippen LogP contribution in [0.25, 0.3) is 10.2 Å². The van der Waals surface area contributed by atoms with Crippen LogP contribution in [0.1, 0.15) is 18.9 Å². The van der Waals surface area contributed by atoms with Gasteiger partial charge in [0.15, 0.2) is 11.7 Å². The monoisotopic (exact) mass is 369 g/mol. The third-order valence-electron chi connectivity index (χ3n) is 3.60. The summed E-state index contributed by atoms with van der Waals surface area (Å²) in [5.74, 6) is 0.331. The fourth-order valence-electron chi connectivity index (χ4n) is 2.32. The molecule has 0 radical (unpaired) electrons. The molecule has 3 aromatic rings. The Morgan fingerprint density at radius 1 is 1.12 bits per heavy atom. The van der Waals surface area contributed by atoms with Gasteiger partial charge in [0.1, 0.15) is 5.75 Å². The summed E-state index contributed by atoms with van der Waals surface area (Å²) in [5, 5.41) is 6.09. The molecule has 0 bridgehead atoms. The van der Waals surface area contributed by atoms with E-state index in [-0.39, 0.29) is 18.4 Å². The van der Waals surface area contributed by atoms with E-state index in [9.17, 15) is 9.59 Å². The minimum Gasteiger partial charge on any atom is -0.484 e. The second-order valence-corrected chi connectivity index (χ2v) is 6.79. The number of carbonyl (C=O) groups is 2. The van der Waals surface area contributed by atoms with Gasteiger partial charge in [-0.05, 0) is 42.8 Å². The van der Waals surface area contributed by atoms with E-state index >= 15 is 0 Å². The zero-order valence-corrected chi connectivity index (χ0v) is 15.4. The first kappa shape index (κ1) is 17.9. The zero-order valence-electron chi connectivity index (χ0n) is 14.5. The van der Waals surface area contributed by atoms with Crippen LogP contribution in [0.4, 0.5) is 10.8 Å². The van der Waals surface area contributed by atoms with Gasteiger partial charge in [0.25, 0.3) is 5.91 Å². The van der Waals surface area contributed by atoms with Gasteiger partial charge in [-0.3, -0.25) is 9.59 Å². The molecule has 0 saturated carbocycles. The first-order valence-electron chi connectivity index (χ1n) is 8.23. The second kappa shape index (κ2) is 7.97. The molecule has 7 heteroatoms. The van der Waals surface area contributed by atoms with Crippen molar-refractivity contribution in [2.24, 2.45) is 0 Å². The third-order valence-corrected chi connectivity index (χ3v) is 4.55. The van der Waals surface area contributed by atoms with E-state index in [0.717, 1.165) is 15.8 Å². The van der Waals surface area contributed by atoms with Crippen LogP contribution in [0.15, 0.2) is 42.5 Å². The Bertz CT molecular complexity index is 952. The van der Waals surface area contributed by atoms with Crippen LogP contribution in [0.2, 0.25) is 0 Å². The fraction of sp³-hybridized carbons (Fsp3) is 0.211. The summed E-state index contributed by atoms with van der Waals surface area (Å²) in [5.41, 5.74) is 2.43. The Morgan fingerprint density at radius 2 is 1.96 bits per heavy atom. The van der Waals surface area contributed by atoms with Gasteiger partial charge in [0.2, 0.25) is 5.91 Å². The fourth-order valence-corrected chi connectivity index (χ4v) is 3.18. The normalized spacial score (nSPS) is 10.5. The summed E-state index contributed by atoms with van der Waals surface area (Å²) >= 11 is 1.40. The van der Waals surface area contributed by atoms with E-state index in [1.807, 2.05) is 37.3 Å². The van der Waals surface area contributed by atoms with Crippen molar-refractivity contribution >= 4 is 44.2 Å². The molecule has 0 aliphatic heterocycles. The number of hydrogen-bond acceptors (Lipinski definition) is 5. The molecule has 6 nitrogen and oxygen atoms in total. The van der Waals surface area contributed by atoms with Crippen molar-refractivity contribution in [3.63, 3.8) is 0 Å². The number of ether oxygens (including phenoxy) is 1. The summed E-state index contributed by atoms with van der Waals surface area (Å²) < 4.78 is 6.43. The number of carbonyl (C=O) groups excluding carboxylic acids is 2. The zero-order chi connectivity index (χ0) is 18.5. The molecule has 2 aromatic carbocycles. The third kappa shape index (κ3) is 4.58. The first-order valence-corrected chi connectivity index (χ1v) is 9.05. The Morgan fingerprint density at radius 3 is 2.73 bits per heavy atom. The molecule has 0 unspecified atom stereocenters. The lowest BCUT2D eigenvalue weighted by Crippen LogP contribution is -2.20. The summed E-state index contributed by atoms with van der Waals surface area (Å²) in [4.78, 5) is 27.9. The predicted molar refractivity (Wildman–Crippen MR) is 104 cm³/mol. The molecule has 134 valence electrons. The lowest BCUT2D eigenvalue weighted by Gasteiger charge is -2.08. The molecular weight excluding hydrogens is 350 g/mol. The van der Waals surface area contributed by atoms with Crippen molar-refractivity contribution in [3.8, 4) is 5.75 Å². The smallest absolute Gasteiger partial charge is 0.262 e. The number of aryl methyl sites for hydroxylation is 1. The molecule has 0 spiro atoms. The van der Waals surface area contributed by atoms with E-state index in [1.165, 1.54) is 11.3 Å².